The van der Waals surface area contributed by atoms with Crippen molar-refractivity contribution in [2.24, 2.45) is 0 Å². The van der Waals surface area contributed by atoms with Crippen LogP contribution < -0.4 is 4.74 Å². The van der Waals surface area contributed by atoms with Gasteiger partial charge in [-0.1, -0.05) is 35.9 Å². The number of nitrogens with zero attached hydrogens (tertiary/aromatic N) is 2. The van der Waals surface area contributed by atoms with Crippen LogP contribution in [0.25, 0.3) is 28.0 Å². The van der Waals surface area contributed by atoms with E-state index in [0.29, 0.717) is 16.3 Å². The fourth-order valence-corrected chi connectivity index (χ4v) is 3.37. The zero-order valence-corrected chi connectivity index (χ0v) is 15.7. The average molecular weight is 377 g/mol. The van der Waals surface area contributed by atoms with Crippen LogP contribution in [0.2, 0.25) is 5.02 Å². The monoisotopic (exact) mass is 376 g/mol. The Bertz CT molecular complexity index is 1150. The smallest absolute Gasteiger partial charge is 0.150 e. The number of fused-ring (bicyclic) bond motifs is 1. The van der Waals surface area contributed by atoms with Crippen molar-refractivity contribution in [3.05, 3.63) is 77.1 Å². The van der Waals surface area contributed by atoms with Gasteiger partial charge < -0.3 is 9.14 Å². The molecule has 2 aromatic heterocycles. The fourth-order valence-electron chi connectivity index (χ4n) is 3.13. The molecular weight excluding hydrogens is 360 g/mol. The molecule has 4 rings (SSSR count). The molecule has 0 aliphatic rings. The highest BCUT2D eigenvalue weighted by Gasteiger charge is 2.12. The number of ether oxygens (including phenoxy) is 1. The molecule has 0 bridgehead atoms. The van der Waals surface area contributed by atoms with Gasteiger partial charge in [-0.3, -0.25) is 4.79 Å². The second-order valence-electron chi connectivity index (χ2n) is 6.35. The van der Waals surface area contributed by atoms with Crippen molar-refractivity contribution in [3.8, 4) is 28.1 Å². The second kappa shape index (κ2) is 6.89. The molecule has 0 saturated heterocycles. The van der Waals surface area contributed by atoms with E-state index in [9.17, 15) is 4.79 Å². The number of hydrogen-bond donors (Lipinski definition) is 0. The lowest BCUT2D eigenvalue weighted by molar-refractivity contribution is 0.112. The average Bonchev–Trinajstić information content (AvgIpc) is 3.12. The number of halogens is 1. The van der Waals surface area contributed by atoms with E-state index in [1.54, 1.807) is 7.11 Å². The van der Waals surface area contributed by atoms with Crippen LogP contribution >= 0.6 is 11.6 Å². The highest BCUT2D eigenvalue weighted by molar-refractivity contribution is 6.32. The van der Waals surface area contributed by atoms with Gasteiger partial charge in [0.1, 0.15) is 17.7 Å². The van der Waals surface area contributed by atoms with Crippen molar-refractivity contribution in [2.75, 3.05) is 7.11 Å². The number of pyridine rings is 1. The molecule has 0 amide bonds. The number of aryl methyl sites for hydroxylation is 1. The van der Waals surface area contributed by atoms with Crippen LogP contribution in [-0.4, -0.2) is 22.8 Å². The zero-order valence-electron chi connectivity index (χ0n) is 14.9. The number of benzene rings is 2. The number of aromatic nitrogens is 2. The molecule has 5 heteroatoms. The van der Waals surface area contributed by atoms with Gasteiger partial charge in [0.05, 0.1) is 17.8 Å². The Balaban J connectivity index is 1.77. The topological polar surface area (TPSA) is 43.6 Å². The summed E-state index contributed by atoms with van der Waals surface area (Å²) >= 11 is 6.30. The minimum Gasteiger partial charge on any atom is -0.495 e. The number of carbonyl (C=O) groups is 1. The van der Waals surface area contributed by atoms with Gasteiger partial charge in [0.15, 0.2) is 0 Å². The Kier molecular flexibility index (Phi) is 4.42. The van der Waals surface area contributed by atoms with E-state index in [4.69, 9.17) is 21.3 Å². The number of aldehydes is 1. The lowest BCUT2D eigenvalue weighted by Gasteiger charge is -2.08. The maximum absolute atomic E-state index is 10.8. The van der Waals surface area contributed by atoms with Crippen LogP contribution in [0, 0.1) is 6.92 Å². The molecule has 134 valence electrons. The molecule has 27 heavy (non-hydrogen) atoms. The normalized spacial score (nSPS) is 10.9. The standard InChI is InChI=1S/C22H17ClN2O2/c1-14-9-21(27-2)19(23)11-18(14)20-12-25-8-7-17(10-22(25)24-20)16-5-3-15(13-26)4-6-16/h3-13H,1-2H3. The summed E-state index contributed by atoms with van der Waals surface area (Å²) in [6.07, 6.45) is 4.81. The molecule has 0 saturated carbocycles. The van der Waals surface area contributed by atoms with Gasteiger partial charge >= 0.3 is 0 Å². The molecular formula is C22H17ClN2O2. The van der Waals surface area contributed by atoms with Gasteiger partial charge in [-0.05, 0) is 47.9 Å². The highest BCUT2D eigenvalue weighted by atomic mass is 35.5. The molecule has 0 N–H and O–H groups in total. The second-order valence-corrected chi connectivity index (χ2v) is 6.76. The lowest BCUT2D eigenvalue weighted by atomic mass is 10.1. The third-order valence-electron chi connectivity index (χ3n) is 4.62. The van der Waals surface area contributed by atoms with Crippen molar-refractivity contribution >= 4 is 23.5 Å². The summed E-state index contributed by atoms with van der Waals surface area (Å²) in [6, 6.07) is 15.4. The van der Waals surface area contributed by atoms with Crippen LogP contribution in [0.5, 0.6) is 5.75 Å². The zero-order chi connectivity index (χ0) is 19.0. The molecule has 0 spiro atoms. The third-order valence-corrected chi connectivity index (χ3v) is 4.91. The summed E-state index contributed by atoms with van der Waals surface area (Å²) in [4.78, 5) is 15.6. The summed E-state index contributed by atoms with van der Waals surface area (Å²) in [5.41, 5.74) is 6.46. The molecule has 0 unspecified atom stereocenters. The molecule has 2 aromatic carbocycles. The van der Waals surface area contributed by atoms with Crippen LogP contribution in [0.3, 0.4) is 0 Å². The first-order chi connectivity index (χ1) is 13.1. The van der Waals surface area contributed by atoms with Crippen molar-refractivity contribution in [2.45, 2.75) is 6.92 Å². The lowest BCUT2D eigenvalue weighted by Crippen LogP contribution is -1.89. The summed E-state index contributed by atoms with van der Waals surface area (Å²) < 4.78 is 7.26. The van der Waals surface area contributed by atoms with Crippen molar-refractivity contribution in [1.29, 1.82) is 0 Å². The van der Waals surface area contributed by atoms with Gasteiger partial charge in [0, 0.05) is 23.5 Å². The molecule has 0 fully saturated rings. The molecule has 0 aliphatic heterocycles. The molecule has 2 heterocycles. The predicted molar refractivity (Wildman–Crippen MR) is 108 cm³/mol. The molecule has 0 aliphatic carbocycles. The first kappa shape index (κ1) is 17.3. The summed E-state index contributed by atoms with van der Waals surface area (Å²) in [6.45, 7) is 2.01. The Morgan fingerprint density at radius 3 is 2.56 bits per heavy atom. The highest BCUT2D eigenvalue weighted by Crippen LogP contribution is 2.33. The van der Waals surface area contributed by atoms with Crippen LogP contribution in [0.15, 0.2) is 60.9 Å². The van der Waals surface area contributed by atoms with E-state index >= 15 is 0 Å². The van der Waals surface area contributed by atoms with E-state index in [-0.39, 0.29) is 0 Å². The summed E-state index contributed by atoms with van der Waals surface area (Å²) in [5, 5.41) is 0.561. The van der Waals surface area contributed by atoms with Crippen molar-refractivity contribution in [1.82, 2.24) is 9.38 Å². The SMILES string of the molecule is COc1cc(C)c(-c2cn3ccc(-c4ccc(C=O)cc4)cc3n2)cc1Cl. The van der Waals surface area contributed by atoms with E-state index in [2.05, 4.69) is 0 Å². The predicted octanol–water partition coefficient (Wildman–Crippen LogP) is 5.45. The van der Waals surface area contributed by atoms with E-state index < -0.39 is 0 Å². The van der Waals surface area contributed by atoms with E-state index in [0.717, 1.165) is 39.9 Å². The quantitative estimate of drug-likeness (QED) is 0.445. The Morgan fingerprint density at radius 1 is 1.07 bits per heavy atom. The molecule has 4 aromatic rings. The van der Waals surface area contributed by atoms with Gasteiger partial charge in [0.25, 0.3) is 0 Å². The number of hydrogen-bond acceptors (Lipinski definition) is 3. The number of imidazole rings is 1. The van der Waals surface area contributed by atoms with Crippen molar-refractivity contribution in [3.63, 3.8) is 0 Å². The van der Waals surface area contributed by atoms with Gasteiger partial charge in [-0.15, -0.1) is 0 Å². The fraction of sp³-hybridized carbons (Fsp3) is 0.0909. The van der Waals surface area contributed by atoms with Crippen LogP contribution in [-0.2, 0) is 0 Å². The maximum Gasteiger partial charge on any atom is 0.150 e. The minimum atomic E-state index is 0.561. The van der Waals surface area contributed by atoms with Gasteiger partial charge in [-0.2, -0.15) is 0 Å². The third kappa shape index (κ3) is 3.20. The van der Waals surface area contributed by atoms with Gasteiger partial charge in [-0.25, -0.2) is 4.98 Å². The van der Waals surface area contributed by atoms with Crippen LogP contribution in [0.1, 0.15) is 15.9 Å². The number of rotatable bonds is 4. The van der Waals surface area contributed by atoms with E-state index in [1.807, 2.05) is 72.2 Å². The molecule has 4 nitrogen and oxygen atoms in total. The maximum atomic E-state index is 10.8. The number of carbonyl (C=O) groups excluding carboxylic acids is 1. The summed E-state index contributed by atoms with van der Waals surface area (Å²) in [5.74, 6) is 0.655. The Morgan fingerprint density at radius 2 is 1.85 bits per heavy atom. The molecule has 0 atom stereocenters. The van der Waals surface area contributed by atoms with Crippen molar-refractivity contribution < 1.29 is 9.53 Å². The van der Waals surface area contributed by atoms with E-state index in [1.165, 1.54) is 0 Å². The number of methoxy groups -OCH3 is 1. The Labute approximate surface area is 162 Å². The first-order valence-electron chi connectivity index (χ1n) is 8.48. The largest absolute Gasteiger partial charge is 0.495 e. The van der Waals surface area contributed by atoms with Gasteiger partial charge in [0.2, 0.25) is 0 Å². The molecule has 0 radical (unpaired) electrons. The Hall–Kier alpha value is -3.11. The first-order valence-corrected chi connectivity index (χ1v) is 8.86. The minimum absolute atomic E-state index is 0.561. The van der Waals surface area contributed by atoms with Crippen LogP contribution in [0.4, 0.5) is 0 Å². The summed E-state index contributed by atoms with van der Waals surface area (Å²) in [7, 11) is 1.61.